The number of aliphatic hydroxyl groups is 1. The van der Waals surface area contributed by atoms with Crippen molar-refractivity contribution in [1.29, 1.82) is 0 Å². The number of amides is 1. The average Bonchev–Trinajstić information content (AvgIpc) is 2.99. The van der Waals surface area contributed by atoms with Gasteiger partial charge in [0.2, 0.25) is 0 Å². The van der Waals surface area contributed by atoms with Gasteiger partial charge in [0.15, 0.2) is 0 Å². The number of rotatable bonds is 4. The summed E-state index contributed by atoms with van der Waals surface area (Å²) in [6.07, 6.45) is 0.908. The number of fused-ring (bicyclic) bond motifs is 3. The van der Waals surface area contributed by atoms with E-state index in [-0.39, 0.29) is 25.7 Å². The molecule has 1 amide bonds. The van der Waals surface area contributed by atoms with Gasteiger partial charge in [0.1, 0.15) is 12.2 Å². The maximum atomic E-state index is 12.1. The summed E-state index contributed by atoms with van der Waals surface area (Å²) in [6, 6.07) is 16.5. The van der Waals surface area contributed by atoms with E-state index in [1.54, 1.807) is 0 Å². The lowest BCUT2D eigenvalue weighted by Crippen LogP contribution is -2.48. The van der Waals surface area contributed by atoms with Crippen molar-refractivity contribution >= 4 is 6.09 Å². The Morgan fingerprint density at radius 3 is 2.42 bits per heavy atom. The first-order chi connectivity index (χ1) is 12.7. The number of carbonyl (C=O) groups excluding carboxylic acids is 1. The van der Waals surface area contributed by atoms with Gasteiger partial charge in [-0.25, -0.2) is 4.79 Å². The molecule has 1 saturated heterocycles. The van der Waals surface area contributed by atoms with Crippen LogP contribution in [0.5, 0.6) is 0 Å². The summed E-state index contributed by atoms with van der Waals surface area (Å²) < 4.78 is 10.8. The van der Waals surface area contributed by atoms with Crippen molar-refractivity contribution in [3.63, 3.8) is 0 Å². The fourth-order valence-corrected chi connectivity index (χ4v) is 3.86. The van der Waals surface area contributed by atoms with Gasteiger partial charge in [-0.05, 0) is 35.1 Å². The van der Waals surface area contributed by atoms with Crippen molar-refractivity contribution in [2.45, 2.75) is 24.4 Å². The van der Waals surface area contributed by atoms with Crippen LogP contribution in [0.1, 0.15) is 29.9 Å². The molecule has 2 aromatic carbocycles. The maximum absolute atomic E-state index is 12.1. The molecule has 0 spiro atoms. The molecule has 4 rings (SSSR count). The first-order valence-corrected chi connectivity index (χ1v) is 9.05. The van der Waals surface area contributed by atoms with Gasteiger partial charge in [0.05, 0.1) is 13.2 Å². The van der Waals surface area contributed by atoms with Crippen LogP contribution in [-0.2, 0) is 9.47 Å². The fourth-order valence-electron chi connectivity index (χ4n) is 3.86. The second kappa shape index (κ2) is 7.09. The lowest BCUT2D eigenvalue weighted by molar-refractivity contribution is -0.0826. The van der Waals surface area contributed by atoms with Crippen molar-refractivity contribution < 1.29 is 19.4 Å². The highest BCUT2D eigenvalue weighted by atomic mass is 16.5. The van der Waals surface area contributed by atoms with E-state index in [9.17, 15) is 9.90 Å². The second-order valence-corrected chi connectivity index (χ2v) is 7.06. The van der Waals surface area contributed by atoms with E-state index in [0.29, 0.717) is 13.0 Å². The molecule has 1 atom stereocenters. The highest BCUT2D eigenvalue weighted by Crippen LogP contribution is 2.44. The second-order valence-electron chi connectivity index (χ2n) is 7.06. The monoisotopic (exact) mass is 353 g/mol. The Morgan fingerprint density at radius 2 is 1.81 bits per heavy atom. The smallest absolute Gasteiger partial charge is 0.407 e. The molecule has 136 valence electrons. The lowest BCUT2D eigenvalue weighted by atomic mass is 9.97. The predicted octanol–water partition coefficient (Wildman–Crippen LogP) is 3.07. The topological polar surface area (TPSA) is 67.8 Å². The highest BCUT2D eigenvalue weighted by Gasteiger charge is 2.32. The minimum absolute atomic E-state index is 0.0363. The normalized spacial score (nSPS) is 21.7. The number of hydrogen-bond donors (Lipinski definition) is 2. The summed E-state index contributed by atoms with van der Waals surface area (Å²) >= 11 is 0. The van der Waals surface area contributed by atoms with Gasteiger partial charge < -0.3 is 19.9 Å². The highest BCUT2D eigenvalue weighted by molar-refractivity contribution is 5.79. The van der Waals surface area contributed by atoms with Crippen molar-refractivity contribution in [1.82, 2.24) is 5.32 Å². The van der Waals surface area contributed by atoms with Gasteiger partial charge in [-0.1, -0.05) is 48.5 Å². The SMILES string of the molecule is O=C(NCC1(O)CCCOC1)OCC1c2ccccc2-c2ccccc21. The predicted molar refractivity (Wildman–Crippen MR) is 98.1 cm³/mol. The molecule has 1 aliphatic carbocycles. The first-order valence-electron chi connectivity index (χ1n) is 9.05. The molecule has 2 aromatic rings. The van der Waals surface area contributed by atoms with Crippen molar-refractivity contribution in [3.05, 3.63) is 59.7 Å². The molecule has 1 fully saturated rings. The zero-order valence-electron chi connectivity index (χ0n) is 14.6. The van der Waals surface area contributed by atoms with Crippen LogP contribution >= 0.6 is 0 Å². The van der Waals surface area contributed by atoms with E-state index in [0.717, 1.165) is 6.42 Å². The molecule has 2 aliphatic rings. The third-order valence-electron chi connectivity index (χ3n) is 5.21. The van der Waals surface area contributed by atoms with Gasteiger partial charge in [0, 0.05) is 12.5 Å². The van der Waals surface area contributed by atoms with Crippen LogP contribution in [0.3, 0.4) is 0 Å². The average molecular weight is 353 g/mol. The van der Waals surface area contributed by atoms with Crippen molar-refractivity contribution in [3.8, 4) is 11.1 Å². The van der Waals surface area contributed by atoms with Crippen molar-refractivity contribution in [2.75, 3.05) is 26.4 Å². The molecule has 1 heterocycles. The Hall–Kier alpha value is -2.37. The summed E-state index contributed by atoms with van der Waals surface area (Å²) in [7, 11) is 0. The summed E-state index contributed by atoms with van der Waals surface area (Å²) in [4.78, 5) is 12.1. The minimum atomic E-state index is -0.996. The molecule has 1 unspecified atom stereocenters. The quantitative estimate of drug-likeness (QED) is 0.886. The van der Waals surface area contributed by atoms with Crippen LogP contribution in [-0.4, -0.2) is 43.2 Å². The van der Waals surface area contributed by atoms with Gasteiger partial charge >= 0.3 is 6.09 Å². The zero-order valence-corrected chi connectivity index (χ0v) is 14.6. The molecule has 0 saturated carbocycles. The van der Waals surface area contributed by atoms with E-state index in [1.165, 1.54) is 22.3 Å². The Balaban J connectivity index is 1.39. The molecule has 1 aliphatic heterocycles. The number of benzene rings is 2. The molecular weight excluding hydrogens is 330 g/mol. The van der Waals surface area contributed by atoms with Crippen LogP contribution < -0.4 is 5.32 Å². The van der Waals surface area contributed by atoms with Gasteiger partial charge in [-0.3, -0.25) is 0 Å². The Kier molecular flexibility index (Phi) is 4.66. The van der Waals surface area contributed by atoms with E-state index in [2.05, 4.69) is 29.6 Å². The molecule has 5 nitrogen and oxygen atoms in total. The molecule has 0 bridgehead atoms. The van der Waals surface area contributed by atoms with Crippen LogP contribution in [0.2, 0.25) is 0 Å². The molecule has 2 N–H and O–H groups in total. The summed E-state index contributed by atoms with van der Waals surface area (Å²) in [6.45, 7) is 1.32. The summed E-state index contributed by atoms with van der Waals surface area (Å²) in [5, 5.41) is 13.0. The zero-order chi connectivity index (χ0) is 18.0. The van der Waals surface area contributed by atoms with Crippen molar-refractivity contribution in [2.24, 2.45) is 0 Å². The van der Waals surface area contributed by atoms with E-state index in [1.807, 2.05) is 24.3 Å². The fraction of sp³-hybridized carbons (Fsp3) is 0.381. The third-order valence-corrected chi connectivity index (χ3v) is 5.21. The van der Waals surface area contributed by atoms with Crippen LogP contribution in [0.25, 0.3) is 11.1 Å². The molecule has 0 aromatic heterocycles. The van der Waals surface area contributed by atoms with Gasteiger partial charge in [-0.15, -0.1) is 0 Å². The standard InChI is InChI=1S/C21H23NO4/c23-20(22-13-21(24)10-5-11-25-14-21)26-12-19-17-8-3-1-6-15(17)16-7-2-4-9-18(16)19/h1-4,6-9,19,24H,5,10-14H2,(H,22,23). The van der Waals surface area contributed by atoms with Crippen LogP contribution in [0.15, 0.2) is 48.5 Å². The van der Waals surface area contributed by atoms with Gasteiger partial charge in [0.25, 0.3) is 0 Å². The van der Waals surface area contributed by atoms with Gasteiger partial charge in [-0.2, -0.15) is 0 Å². The largest absolute Gasteiger partial charge is 0.449 e. The molecule has 5 heteroatoms. The molecular formula is C21H23NO4. The minimum Gasteiger partial charge on any atom is -0.449 e. The summed E-state index contributed by atoms with van der Waals surface area (Å²) in [5.74, 6) is 0.0363. The number of carbonyl (C=O) groups is 1. The summed E-state index contributed by atoms with van der Waals surface area (Å²) in [5.41, 5.74) is 3.77. The van der Waals surface area contributed by atoms with Crippen LogP contribution in [0.4, 0.5) is 4.79 Å². The Labute approximate surface area is 152 Å². The number of nitrogens with one attached hydrogen (secondary N) is 1. The molecule has 26 heavy (non-hydrogen) atoms. The van der Waals surface area contributed by atoms with Crippen LogP contribution in [0, 0.1) is 0 Å². The Bertz CT molecular complexity index is 753. The first kappa shape index (κ1) is 17.1. The number of ether oxygens (including phenoxy) is 2. The van der Waals surface area contributed by atoms with E-state index >= 15 is 0 Å². The number of alkyl carbamates (subject to hydrolysis) is 1. The van der Waals surface area contributed by atoms with E-state index < -0.39 is 11.7 Å². The van der Waals surface area contributed by atoms with E-state index in [4.69, 9.17) is 9.47 Å². The number of hydrogen-bond acceptors (Lipinski definition) is 4. The maximum Gasteiger partial charge on any atom is 0.407 e. The molecule has 0 radical (unpaired) electrons. The lowest BCUT2D eigenvalue weighted by Gasteiger charge is -2.31. The third kappa shape index (κ3) is 3.32. The Morgan fingerprint density at radius 1 is 1.15 bits per heavy atom.